The minimum atomic E-state index is -3.74. The second-order valence-corrected chi connectivity index (χ2v) is 8.87. The van der Waals surface area contributed by atoms with Crippen LogP contribution in [0.15, 0.2) is 32.7 Å². The van der Waals surface area contributed by atoms with Crippen molar-refractivity contribution >= 4 is 27.0 Å². The first-order chi connectivity index (χ1) is 12.7. The van der Waals surface area contributed by atoms with E-state index in [1.54, 1.807) is 6.92 Å². The van der Waals surface area contributed by atoms with Crippen molar-refractivity contribution in [2.75, 3.05) is 14.1 Å². The number of nitrogens with zero attached hydrogens (tertiary/aromatic N) is 3. The van der Waals surface area contributed by atoms with E-state index in [9.17, 15) is 22.8 Å². The van der Waals surface area contributed by atoms with Crippen LogP contribution in [0.4, 0.5) is 0 Å². The summed E-state index contributed by atoms with van der Waals surface area (Å²) >= 11 is 0. The van der Waals surface area contributed by atoms with Gasteiger partial charge in [-0.25, -0.2) is 12.7 Å². The SMILES string of the molecule is CCn1c(=O)c(=O)n(CC(=O)NC2CC2)c2cc(S(=O)(=O)N(C)C)ccc21. The molecule has 1 saturated carbocycles. The van der Waals surface area contributed by atoms with Gasteiger partial charge in [0.15, 0.2) is 0 Å². The zero-order valence-corrected chi connectivity index (χ0v) is 16.2. The first kappa shape index (κ1) is 19.3. The minimum Gasteiger partial charge on any atom is -0.352 e. The molecule has 0 saturated heterocycles. The Morgan fingerprint density at radius 2 is 1.78 bits per heavy atom. The molecule has 146 valence electrons. The number of rotatable bonds is 6. The Kier molecular flexibility index (Phi) is 4.96. The largest absolute Gasteiger partial charge is 0.352 e. The average molecular weight is 394 g/mol. The molecule has 0 unspecified atom stereocenters. The molecule has 10 heteroatoms. The number of nitrogens with one attached hydrogen (secondary N) is 1. The van der Waals surface area contributed by atoms with E-state index in [1.807, 2.05) is 0 Å². The molecule has 9 nitrogen and oxygen atoms in total. The first-order valence-corrected chi connectivity index (χ1v) is 10.1. The fourth-order valence-electron chi connectivity index (χ4n) is 2.88. The highest BCUT2D eigenvalue weighted by atomic mass is 32.2. The van der Waals surface area contributed by atoms with Crippen LogP contribution >= 0.6 is 0 Å². The highest BCUT2D eigenvalue weighted by Gasteiger charge is 2.25. The fraction of sp³-hybridized carbons (Fsp3) is 0.471. The number of amides is 1. The van der Waals surface area contributed by atoms with Crippen LogP contribution in [0, 0.1) is 0 Å². The molecule has 1 aromatic heterocycles. The van der Waals surface area contributed by atoms with E-state index in [-0.39, 0.29) is 35.5 Å². The van der Waals surface area contributed by atoms with Crippen molar-refractivity contribution in [1.29, 1.82) is 0 Å². The van der Waals surface area contributed by atoms with Crippen LogP contribution < -0.4 is 16.4 Å². The number of fused-ring (bicyclic) bond motifs is 1. The lowest BCUT2D eigenvalue weighted by Crippen LogP contribution is -2.44. The normalized spacial score (nSPS) is 14.7. The fourth-order valence-corrected chi connectivity index (χ4v) is 3.81. The molecule has 1 aromatic carbocycles. The number of aromatic nitrogens is 2. The predicted octanol–water partition coefficient (Wildman–Crippen LogP) is -0.288. The molecule has 1 aliphatic carbocycles. The summed E-state index contributed by atoms with van der Waals surface area (Å²) in [5, 5.41) is 2.77. The lowest BCUT2D eigenvalue weighted by atomic mass is 10.2. The molecule has 1 amide bonds. The summed E-state index contributed by atoms with van der Waals surface area (Å²) in [6.07, 6.45) is 1.79. The van der Waals surface area contributed by atoms with E-state index >= 15 is 0 Å². The topological polar surface area (TPSA) is 110 Å². The van der Waals surface area contributed by atoms with Gasteiger partial charge < -0.3 is 9.88 Å². The molecule has 1 fully saturated rings. The Bertz CT molecular complexity index is 1130. The highest BCUT2D eigenvalue weighted by Crippen LogP contribution is 2.21. The molecule has 0 radical (unpaired) electrons. The number of carbonyl (C=O) groups excluding carboxylic acids is 1. The Balaban J connectivity index is 2.24. The lowest BCUT2D eigenvalue weighted by Gasteiger charge is -2.16. The van der Waals surface area contributed by atoms with E-state index in [4.69, 9.17) is 0 Å². The van der Waals surface area contributed by atoms with E-state index in [1.165, 1.54) is 36.9 Å². The van der Waals surface area contributed by atoms with Gasteiger partial charge in [-0.2, -0.15) is 0 Å². The van der Waals surface area contributed by atoms with E-state index in [0.717, 1.165) is 21.7 Å². The summed E-state index contributed by atoms with van der Waals surface area (Å²) in [6.45, 7) is 1.63. The quantitative estimate of drug-likeness (QED) is 0.677. The molecular weight excluding hydrogens is 372 g/mol. The zero-order valence-electron chi connectivity index (χ0n) is 15.4. The van der Waals surface area contributed by atoms with Crippen molar-refractivity contribution in [2.24, 2.45) is 0 Å². The second kappa shape index (κ2) is 6.93. The van der Waals surface area contributed by atoms with Gasteiger partial charge >= 0.3 is 11.1 Å². The lowest BCUT2D eigenvalue weighted by molar-refractivity contribution is -0.121. The van der Waals surface area contributed by atoms with E-state index < -0.39 is 21.1 Å². The average Bonchev–Trinajstić information content (AvgIpc) is 3.42. The number of hydrogen-bond acceptors (Lipinski definition) is 5. The molecule has 27 heavy (non-hydrogen) atoms. The van der Waals surface area contributed by atoms with Crippen molar-refractivity contribution in [2.45, 2.75) is 43.8 Å². The summed E-state index contributed by atoms with van der Waals surface area (Å²) in [5.41, 5.74) is -0.962. The summed E-state index contributed by atoms with van der Waals surface area (Å²) in [5.74, 6) is -0.379. The van der Waals surface area contributed by atoms with Gasteiger partial charge in [-0.05, 0) is 38.0 Å². The van der Waals surface area contributed by atoms with Crippen LogP contribution in [-0.4, -0.2) is 47.9 Å². The Hall–Kier alpha value is -2.46. The number of hydrogen-bond donors (Lipinski definition) is 1. The maximum atomic E-state index is 12.6. The highest BCUT2D eigenvalue weighted by molar-refractivity contribution is 7.89. The van der Waals surface area contributed by atoms with Gasteiger partial charge in [-0.3, -0.25) is 19.0 Å². The monoisotopic (exact) mass is 394 g/mol. The molecule has 3 rings (SSSR count). The van der Waals surface area contributed by atoms with Gasteiger partial charge in [-0.1, -0.05) is 0 Å². The van der Waals surface area contributed by atoms with Crippen LogP contribution in [0.2, 0.25) is 0 Å². The van der Waals surface area contributed by atoms with Gasteiger partial charge in [0.25, 0.3) is 0 Å². The molecule has 0 aliphatic heterocycles. The molecule has 0 spiro atoms. The van der Waals surface area contributed by atoms with Crippen molar-refractivity contribution in [1.82, 2.24) is 18.8 Å². The third-order valence-electron chi connectivity index (χ3n) is 4.54. The summed E-state index contributed by atoms with van der Waals surface area (Å²) < 4.78 is 28.3. The third-order valence-corrected chi connectivity index (χ3v) is 6.35. The second-order valence-electron chi connectivity index (χ2n) is 6.72. The van der Waals surface area contributed by atoms with Gasteiger partial charge in [0.1, 0.15) is 6.54 Å². The van der Waals surface area contributed by atoms with Gasteiger partial charge in [0, 0.05) is 26.7 Å². The van der Waals surface area contributed by atoms with Crippen LogP contribution in [-0.2, 0) is 27.9 Å². The number of benzene rings is 1. The number of sulfonamides is 1. The van der Waals surface area contributed by atoms with Crippen molar-refractivity contribution < 1.29 is 13.2 Å². The van der Waals surface area contributed by atoms with E-state index in [0.29, 0.717) is 5.52 Å². The predicted molar refractivity (Wildman–Crippen MR) is 100 cm³/mol. The maximum absolute atomic E-state index is 12.6. The Labute approximate surface area is 156 Å². The van der Waals surface area contributed by atoms with Crippen molar-refractivity contribution in [3.05, 3.63) is 38.9 Å². The van der Waals surface area contributed by atoms with Crippen molar-refractivity contribution in [3.8, 4) is 0 Å². The van der Waals surface area contributed by atoms with Crippen LogP contribution in [0.25, 0.3) is 11.0 Å². The van der Waals surface area contributed by atoms with Crippen molar-refractivity contribution in [3.63, 3.8) is 0 Å². The van der Waals surface area contributed by atoms with Gasteiger partial charge in [0.05, 0.1) is 15.9 Å². The van der Waals surface area contributed by atoms with Crippen LogP contribution in [0.5, 0.6) is 0 Å². The number of carbonyl (C=O) groups is 1. The maximum Gasteiger partial charge on any atom is 0.317 e. The van der Waals surface area contributed by atoms with E-state index in [2.05, 4.69) is 5.32 Å². The standard InChI is InChI=1S/C17H22N4O5S/c1-4-20-13-8-7-12(27(25,26)19(2)3)9-14(13)21(17(24)16(20)23)10-15(22)18-11-5-6-11/h7-9,11H,4-6,10H2,1-3H3,(H,18,22). The molecule has 2 aromatic rings. The van der Waals surface area contributed by atoms with Gasteiger partial charge in [-0.15, -0.1) is 0 Å². The molecular formula is C17H22N4O5S. The Morgan fingerprint density at radius 1 is 1.15 bits per heavy atom. The molecule has 1 heterocycles. The Morgan fingerprint density at radius 3 is 2.33 bits per heavy atom. The summed E-state index contributed by atoms with van der Waals surface area (Å²) in [4.78, 5) is 37.2. The number of aryl methyl sites for hydroxylation is 1. The molecule has 1 aliphatic rings. The molecule has 1 N–H and O–H groups in total. The van der Waals surface area contributed by atoms with Crippen LogP contribution in [0.3, 0.4) is 0 Å². The minimum absolute atomic E-state index is 0.0166. The zero-order chi connectivity index (χ0) is 19.9. The third kappa shape index (κ3) is 3.54. The summed E-state index contributed by atoms with van der Waals surface area (Å²) in [6, 6.07) is 4.33. The molecule has 0 atom stereocenters. The smallest absolute Gasteiger partial charge is 0.317 e. The summed E-state index contributed by atoms with van der Waals surface area (Å²) in [7, 11) is -0.924. The first-order valence-electron chi connectivity index (χ1n) is 8.66. The van der Waals surface area contributed by atoms with Gasteiger partial charge in [0.2, 0.25) is 15.9 Å². The van der Waals surface area contributed by atoms with Crippen LogP contribution in [0.1, 0.15) is 19.8 Å². The molecule has 0 bridgehead atoms.